The Morgan fingerprint density at radius 1 is 1.30 bits per heavy atom. The number of halogens is 4. The summed E-state index contributed by atoms with van der Waals surface area (Å²) in [5, 5.41) is 2.06. The van der Waals surface area contributed by atoms with Crippen molar-refractivity contribution in [3.8, 4) is 0 Å². The zero-order valence-corrected chi connectivity index (χ0v) is 10.5. The molecule has 0 aliphatic rings. The van der Waals surface area contributed by atoms with Gasteiger partial charge in [0.2, 0.25) is 0 Å². The molecule has 1 N–H and O–H groups in total. The Kier molecular flexibility index (Phi) is 4.69. The molecule has 1 aromatic rings. The van der Waals surface area contributed by atoms with Crippen LogP contribution in [-0.4, -0.2) is 18.1 Å². The molecule has 1 unspecified atom stereocenters. The van der Waals surface area contributed by atoms with Gasteiger partial charge in [0.15, 0.2) is 6.23 Å². The third-order valence-electron chi connectivity index (χ3n) is 2.21. The smallest absolute Gasteiger partial charge is 0.417 e. The van der Waals surface area contributed by atoms with Crippen molar-refractivity contribution < 1.29 is 31.9 Å². The molecular weight excluding hydrogens is 282 g/mol. The molecule has 1 atom stereocenters. The number of amides is 1. The van der Waals surface area contributed by atoms with E-state index in [4.69, 9.17) is 0 Å². The van der Waals surface area contributed by atoms with E-state index >= 15 is 0 Å². The monoisotopic (exact) mass is 293 g/mol. The molecule has 0 saturated carbocycles. The Hall–Kier alpha value is -2.12. The van der Waals surface area contributed by atoms with E-state index in [0.29, 0.717) is 6.07 Å². The van der Waals surface area contributed by atoms with Crippen LogP contribution in [0.4, 0.5) is 17.6 Å². The molecule has 0 aromatic heterocycles. The summed E-state index contributed by atoms with van der Waals surface area (Å²) in [5.74, 6) is -2.93. The average molecular weight is 293 g/mol. The van der Waals surface area contributed by atoms with Crippen LogP contribution < -0.4 is 5.32 Å². The number of rotatable bonds is 3. The molecule has 20 heavy (non-hydrogen) atoms. The summed E-state index contributed by atoms with van der Waals surface area (Å²) in [7, 11) is 0. The molecule has 0 bridgehead atoms. The summed E-state index contributed by atoms with van der Waals surface area (Å²) in [4.78, 5) is 22.3. The molecular formula is C12H11F4NO3. The molecule has 0 aliphatic carbocycles. The van der Waals surface area contributed by atoms with Crippen LogP contribution in [0.2, 0.25) is 0 Å². The van der Waals surface area contributed by atoms with Gasteiger partial charge in [-0.05, 0) is 25.1 Å². The van der Waals surface area contributed by atoms with Crippen molar-refractivity contribution in [1.82, 2.24) is 5.32 Å². The maximum atomic E-state index is 12.9. The second-order valence-corrected chi connectivity index (χ2v) is 3.91. The molecule has 4 nitrogen and oxygen atoms in total. The van der Waals surface area contributed by atoms with Gasteiger partial charge in [0, 0.05) is 6.92 Å². The van der Waals surface area contributed by atoms with E-state index in [1.807, 2.05) is 0 Å². The molecule has 0 fully saturated rings. The number of ether oxygens (including phenoxy) is 1. The highest BCUT2D eigenvalue weighted by Crippen LogP contribution is 2.32. The van der Waals surface area contributed by atoms with E-state index in [1.54, 1.807) is 0 Å². The van der Waals surface area contributed by atoms with Crippen LogP contribution in [0.15, 0.2) is 18.2 Å². The van der Waals surface area contributed by atoms with Crippen molar-refractivity contribution in [2.24, 2.45) is 0 Å². The SMILES string of the molecule is CC(=O)OC(C)NC(=O)c1ccc(F)cc1C(F)(F)F. The Morgan fingerprint density at radius 3 is 2.40 bits per heavy atom. The predicted molar refractivity (Wildman–Crippen MR) is 60.1 cm³/mol. The van der Waals surface area contributed by atoms with Gasteiger partial charge in [-0.2, -0.15) is 13.2 Å². The van der Waals surface area contributed by atoms with Crippen molar-refractivity contribution >= 4 is 11.9 Å². The minimum atomic E-state index is -4.88. The van der Waals surface area contributed by atoms with Gasteiger partial charge in [-0.15, -0.1) is 0 Å². The minimum Gasteiger partial charge on any atom is -0.442 e. The van der Waals surface area contributed by atoms with Gasteiger partial charge in [0.25, 0.3) is 5.91 Å². The topological polar surface area (TPSA) is 55.4 Å². The lowest BCUT2D eigenvalue weighted by Crippen LogP contribution is -2.36. The number of alkyl halides is 3. The number of hydrogen-bond acceptors (Lipinski definition) is 3. The van der Waals surface area contributed by atoms with Crippen molar-refractivity contribution in [2.45, 2.75) is 26.3 Å². The normalized spacial score (nSPS) is 12.7. The van der Waals surface area contributed by atoms with Gasteiger partial charge in [-0.25, -0.2) is 4.39 Å². The first-order valence-electron chi connectivity index (χ1n) is 5.46. The van der Waals surface area contributed by atoms with Crippen molar-refractivity contribution in [1.29, 1.82) is 0 Å². The number of hydrogen-bond donors (Lipinski definition) is 1. The van der Waals surface area contributed by atoms with Crippen LogP contribution in [-0.2, 0) is 15.7 Å². The molecule has 1 rings (SSSR count). The van der Waals surface area contributed by atoms with E-state index in [0.717, 1.165) is 13.0 Å². The average Bonchev–Trinajstić information content (AvgIpc) is 2.25. The molecule has 110 valence electrons. The third kappa shape index (κ3) is 4.22. The first kappa shape index (κ1) is 15.9. The van der Waals surface area contributed by atoms with Gasteiger partial charge >= 0.3 is 12.1 Å². The fourth-order valence-corrected chi connectivity index (χ4v) is 1.49. The van der Waals surface area contributed by atoms with Crippen molar-refractivity contribution in [2.75, 3.05) is 0 Å². The Morgan fingerprint density at radius 2 is 1.90 bits per heavy atom. The zero-order valence-electron chi connectivity index (χ0n) is 10.5. The Balaban J connectivity index is 3.01. The zero-order chi connectivity index (χ0) is 15.5. The number of carbonyl (C=O) groups is 2. The standard InChI is InChI=1S/C12H11F4NO3/c1-6(20-7(2)18)17-11(19)9-4-3-8(13)5-10(9)12(14,15)16/h3-6H,1-2H3,(H,17,19). The first-order valence-corrected chi connectivity index (χ1v) is 5.46. The van der Waals surface area contributed by atoms with Gasteiger partial charge in [-0.1, -0.05) is 0 Å². The summed E-state index contributed by atoms with van der Waals surface area (Å²) >= 11 is 0. The third-order valence-corrected chi connectivity index (χ3v) is 2.21. The van der Waals surface area contributed by atoms with E-state index < -0.39 is 41.2 Å². The number of esters is 1. The lowest BCUT2D eigenvalue weighted by Gasteiger charge is -2.16. The molecule has 8 heteroatoms. The molecule has 0 aliphatic heterocycles. The van der Waals surface area contributed by atoms with Gasteiger partial charge in [0.05, 0.1) is 11.1 Å². The highest BCUT2D eigenvalue weighted by molar-refractivity contribution is 5.96. The second kappa shape index (κ2) is 5.89. The number of benzene rings is 1. The van der Waals surface area contributed by atoms with Crippen LogP contribution in [0, 0.1) is 5.82 Å². The largest absolute Gasteiger partial charge is 0.442 e. The quantitative estimate of drug-likeness (QED) is 0.529. The van der Waals surface area contributed by atoms with E-state index in [9.17, 15) is 27.2 Å². The molecule has 1 aromatic carbocycles. The van der Waals surface area contributed by atoms with Gasteiger partial charge in [-0.3, -0.25) is 9.59 Å². The highest BCUT2D eigenvalue weighted by Gasteiger charge is 2.35. The first-order chi connectivity index (χ1) is 9.11. The molecule has 0 heterocycles. The fraction of sp³-hybridized carbons (Fsp3) is 0.333. The van der Waals surface area contributed by atoms with Crippen LogP contribution >= 0.6 is 0 Å². The molecule has 0 saturated heterocycles. The van der Waals surface area contributed by atoms with Crippen LogP contribution in [0.25, 0.3) is 0 Å². The summed E-state index contributed by atoms with van der Waals surface area (Å²) in [5.41, 5.74) is -2.15. The van der Waals surface area contributed by atoms with E-state index in [2.05, 4.69) is 10.1 Å². The van der Waals surface area contributed by atoms with Crippen LogP contribution in [0.5, 0.6) is 0 Å². The summed E-state index contributed by atoms with van der Waals surface area (Å²) < 4.78 is 55.6. The highest BCUT2D eigenvalue weighted by atomic mass is 19.4. The van der Waals surface area contributed by atoms with E-state index in [1.165, 1.54) is 6.92 Å². The molecule has 0 radical (unpaired) electrons. The number of nitrogens with one attached hydrogen (secondary N) is 1. The maximum Gasteiger partial charge on any atom is 0.417 e. The van der Waals surface area contributed by atoms with Crippen molar-refractivity contribution in [3.63, 3.8) is 0 Å². The summed E-state index contributed by atoms with van der Waals surface area (Å²) in [6, 6.07) is 1.68. The lowest BCUT2D eigenvalue weighted by molar-refractivity contribution is -0.146. The van der Waals surface area contributed by atoms with Gasteiger partial charge < -0.3 is 10.1 Å². The van der Waals surface area contributed by atoms with Gasteiger partial charge in [0.1, 0.15) is 5.82 Å². The Bertz CT molecular complexity index is 528. The summed E-state index contributed by atoms with van der Waals surface area (Å²) in [6.45, 7) is 2.36. The molecule has 1 amide bonds. The van der Waals surface area contributed by atoms with Crippen LogP contribution in [0.1, 0.15) is 29.8 Å². The van der Waals surface area contributed by atoms with Crippen molar-refractivity contribution in [3.05, 3.63) is 35.1 Å². The number of carbonyl (C=O) groups excluding carboxylic acids is 2. The van der Waals surface area contributed by atoms with E-state index in [-0.39, 0.29) is 6.07 Å². The molecule has 0 spiro atoms. The fourth-order valence-electron chi connectivity index (χ4n) is 1.49. The minimum absolute atomic E-state index is 0.228. The van der Waals surface area contributed by atoms with Crippen LogP contribution in [0.3, 0.4) is 0 Å². The maximum absolute atomic E-state index is 12.9. The lowest BCUT2D eigenvalue weighted by atomic mass is 10.1. The Labute approximate surface area is 111 Å². The predicted octanol–water partition coefficient (Wildman–Crippen LogP) is 2.48. The second-order valence-electron chi connectivity index (χ2n) is 3.91. The summed E-state index contributed by atoms with van der Waals surface area (Å²) in [6.07, 6.45) is -5.98.